The molecule has 0 saturated heterocycles. The largest absolute Gasteiger partial charge is 0.448 e. The Labute approximate surface area is 147 Å². The summed E-state index contributed by atoms with van der Waals surface area (Å²) in [6.07, 6.45) is 10.8. The molecular formula is C19H23ClO4. The van der Waals surface area contributed by atoms with Crippen molar-refractivity contribution in [2.75, 3.05) is 0 Å². The predicted molar refractivity (Wildman–Crippen MR) is 90.1 cm³/mol. The fraction of sp³-hybridized carbons (Fsp3) is 0.684. The van der Waals surface area contributed by atoms with Crippen LogP contribution in [0.1, 0.15) is 69.8 Å². The number of ether oxygens (including phenoxy) is 4. The standard InChI is InChI=1S/C19H23ClO4/c20-12-13-16-14(21-18(23-16)7-3-1-4-8-18)11-15-17(13)24-19(22-15)9-5-2-6-10-19/h11H,1-10,12H2. The first-order valence-corrected chi connectivity index (χ1v) is 9.78. The molecule has 1 aromatic rings. The average molecular weight is 351 g/mol. The van der Waals surface area contributed by atoms with E-state index in [9.17, 15) is 0 Å². The maximum Gasteiger partial charge on any atom is 0.251 e. The second-order valence-electron chi connectivity index (χ2n) is 7.49. The van der Waals surface area contributed by atoms with E-state index in [1.54, 1.807) is 0 Å². The summed E-state index contributed by atoms with van der Waals surface area (Å²) in [5.74, 6) is 2.40. The van der Waals surface area contributed by atoms with Crippen LogP contribution in [0.25, 0.3) is 0 Å². The molecule has 2 aliphatic carbocycles. The zero-order valence-electron chi connectivity index (χ0n) is 13.9. The smallest absolute Gasteiger partial charge is 0.251 e. The van der Waals surface area contributed by atoms with E-state index in [4.69, 9.17) is 30.5 Å². The van der Waals surface area contributed by atoms with Gasteiger partial charge in [0.25, 0.3) is 11.6 Å². The summed E-state index contributed by atoms with van der Waals surface area (Å²) in [4.78, 5) is 0. The van der Waals surface area contributed by atoms with Crippen molar-refractivity contribution in [3.05, 3.63) is 11.6 Å². The molecule has 2 heterocycles. The van der Waals surface area contributed by atoms with Crippen molar-refractivity contribution in [1.82, 2.24) is 0 Å². The normalized spacial score (nSPS) is 25.4. The Balaban J connectivity index is 1.51. The first-order valence-electron chi connectivity index (χ1n) is 9.25. The minimum Gasteiger partial charge on any atom is -0.448 e. The van der Waals surface area contributed by atoms with Gasteiger partial charge in [0.15, 0.2) is 23.0 Å². The second kappa shape index (κ2) is 5.35. The van der Waals surface area contributed by atoms with Crippen LogP contribution in [0.3, 0.4) is 0 Å². The van der Waals surface area contributed by atoms with Crippen LogP contribution in [0, 0.1) is 0 Å². The average Bonchev–Trinajstić information content (AvgIpc) is 3.11. The Kier molecular flexibility index (Phi) is 3.35. The highest BCUT2D eigenvalue weighted by molar-refractivity contribution is 6.17. The highest BCUT2D eigenvalue weighted by Crippen LogP contribution is 2.57. The zero-order valence-corrected chi connectivity index (χ0v) is 14.6. The molecule has 2 aliphatic heterocycles. The number of alkyl halides is 1. The molecule has 2 spiro atoms. The highest BCUT2D eigenvalue weighted by Gasteiger charge is 2.49. The Morgan fingerprint density at radius 3 is 1.58 bits per heavy atom. The molecule has 0 unspecified atom stereocenters. The molecule has 5 rings (SSSR count). The van der Waals surface area contributed by atoms with E-state index in [1.807, 2.05) is 6.07 Å². The molecule has 1 aromatic carbocycles. The molecule has 0 bridgehead atoms. The van der Waals surface area contributed by atoms with Gasteiger partial charge in [-0.2, -0.15) is 0 Å². The van der Waals surface area contributed by atoms with E-state index in [2.05, 4.69) is 0 Å². The molecule has 130 valence electrons. The van der Waals surface area contributed by atoms with Gasteiger partial charge < -0.3 is 18.9 Å². The van der Waals surface area contributed by atoms with E-state index in [1.165, 1.54) is 12.8 Å². The van der Waals surface area contributed by atoms with E-state index in [-0.39, 0.29) is 0 Å². The van der Waals surface area contributed by atoms with E-state index < -0.39 is 11.6 Å². The number of hydrogen-bond donors (Lipinski definition) is 0. The van der Waals surface area contributed by atoms with Crippen LogP contribution in [-0.2, 0) is 5.88 Å². The van der Waals surface area contributed by atoms with Gasteiger partial charge in [-0.1, -0.05) is 12.8 Å². The fourth-order valence-corrected chi connectivity index (χ4v) is 4.79. The lowest BCUT2D eigenvalue weighted by atomic mass is 9.94. The summed E-state index contributed by atoms with van der Waals surface area (Å²) in [5.41, 5.74) is 0.883. The third-order valence-electron chi connectivity index (χ3n) is 5.79. The van der Waals surface area contributed by atoms with E-state index >= 15 is 0 Å². The highest BCUT2D eigenvalue weighted by atomic mass is 35.5. The van der Waals surface area contributed by atoms with Gasteiger partial charge in [0, 0.05) is 31.7 Å². The maximum atomic E-state index is 6.32. The lowest BCUT2D eigenvalue weighted by Gasteiger charge is -2.32. The molecule has 5 heteroatoms. The van der Waals surface area contributed by atoms with Crippen molar-refractivity contribution in [2.45, 2.75) is 81.7 Å². The summed E-state index contributed by atoms with van der Waals surface area (Å²) in [7, 11) is 0. The number of hydrogen-bond acceptors (Lipinski definition) is 4. The molecule has 24 heavy (non-hydrogen) atoms. The van der Waals surface area contributed by atoms with Crippen LogP contribution in [0.15, 0.2) is 6.07 Å². The molecule has 0 N–H and O–H groups in total. The van der Waals surface area contributed by atoms with Gasteiger partial charge in [-0.15, -0.1) is 11.6 Å². The third kappa shape index (κ3) is 2.18. The van der Waals surface area contributed by atoms with Crippen LogP contribution in [0.5, 0.6) is 23.0 Å². The molecule has 0 aromatic heterocycles. The lowest BCUT2D eigenvalue weighted by molar-refractivity contribution is -0.110. The van der Waals surface area contributed by atoms with Gasteiger partial charge in [0.2, 0.25) is 0 Å². The molecule has 2 fully saturated rings. The van der Waals surface area contributed by atoms with Crippen LogP contribution < -0.4 is 18.9 Å². The number of benzene rings is 1. The first-order chi connectivity index (χ1) is 11.7. The fourth-order valence-electron chi connectivity index (χ4n) is 4.55. The van der Waals surface area contributed by atoms with Crippen molar-refractivity contribution < 1.29 is 18.9 Å². The molecule has 0 amide bonds. The Morgan fingerprint density at radius 1 is 0.708 bits per heavy atom. The van der Waals surface area contributed by atoms with Crippen molar-refractivity contribution in [3.63, 3.8) is 0 Å². The Morgan fingerprint density at radius 2 is 1.17 bits per heavy atom. The van der Waals surface area contributed by atoms with Crippen LogP contribution >= 0.6 is 11.6 Å². The molecule has 0 atom stereocenters. The summed E-state index contributed by atoms with van der Waals surface area (Å²) in [6, 6.07) is 1.95. The second-order valence-corrected chi connectivity index (χ2v) is 7.76. The number of halogens is 1. The van der Waals surface area contributed by atoms with Gasteiger partial charge in [-0.25, -0.2) is 0 Å². The van der Waals surface area contributed by atoms with Gasteiger partial charge >= 0.3 is 0 Å². The predicted octanol–water partition coefficient (Wildman–Crippen LogP) is 5.29. The van der Waals surface area contributed by atoms with Crippen LogP contribution in [-0.4, -0.2) is 11.6 Å². The van der Waals surface area contributed by atoms with Gasteiger partial charge in [0.05, 0.1) is 11.4 Å². The number of rotatable bonds is 1. The van der Waals surface area contributed by atoms with Crippen LogP contribution in [0.2, 0.25) is 0 Å². The topological polar surface area (TPSA) is 36.9 Å². The Bertz CT molecular complexity index is 608. The quantitative estimate of drug-likeness (QED) is 0.645. The maximum absolute atomic E-state index is 6.32. The SMILES string of the molecule is ClCc1c2c(cc3c1OC1(CCCCC1)O3)OC1(CCCCC1)O2. The third-order valence-corrected chi connectivity index (χ3v) is 6.06. The minimum atomic E-state index is -0.501. The monoisotopic (exact) mass is 350 g/mol. The molecular weight excluding hydrogens is 328 g/mol. The molecule has 0 radical (unpaired) electrons. The van der Waals surface area contributed by atoms with Crippen molar-refractivity contribution in [3.8, 4) is 23.0 Å². The Hall–Kier alpha value is -1.29. The summed E-state index contributed by atoms with van der Waals surface area (Å²) < 4.78 is 25.2. The lowest BCUT2D eigenvalue weighted by Crippen LogP contribution is -2.41. The van der Waals surface area contributed by atoms with Gasteiger partial charge in [-0.3, -0.25) is 0 Å². The summed E-state index contributed by atoms with van der Waals surface area (Å²) >= 11 is 6.28. The van der Waals surface area contributed by atoms with E-state index in [0.29, 0.717) is 5.88 Å². The van der Waals surface area contributed by atoms with Gasteiger partial charge in [-0.05, 0) is 25.7 Å². The zero-order chi connectivity index (χ0) is 16.2. The molecule has 4 nitrogen and oxygen atoms in total. The van der Waals surface area contributed by atoms with Crippen LogP contribution in [0.4, 0.5) is 0 Å². The molecule has 4 aliphatic rings. The first kappa shape index (κ1) is 15.0. The van der Waals surface area contributed by atoms with Crippen molar-refractivity contribution >= 4 is 11.6 Å². The molecule has 2 saturated carbocycles. The minimum absolute atomic E-state index is 0.338. The van der Waals surface area contributed by atoms with Crippen molar-refractivity contribution in [1.29, 1.82) is 0 Å². The van der Waals surface area contributed by atoms with E-state index in [0.717, 1.165) is 79.9 Å². The van der Waals surface area contributed by atoms with Gasteiger partial charge in [0.1, 0.15) is 0 Å². The summed E-state index contributed by atoms with van der Waals surface area (Å²) in [5, 5.41) is 0. The number of fused-ring (bicyclic) bond motifs is 2. The summed E-state index contributed by atoms with van der Waals surface area (Å²) in [6.45, 7) is 0. The van der Waals surface area contributed by atoms with Crippen molar-refractivity contribution in [2.24, 2.45) is 0 Å².